The number of ether oxygens (including phenoxy) is 1. The zero-order valence-corrected chi connectivity index (χ0v) is 22.6. The number of halogens is 1. The fraction of sp³-hybridized carbons (Fsp3) is 0.0294. The van der Waals surface area contributed by atoms with E-state index in [0.29, 0.717) is 28.3 Å². The summed E-state index contributed by atoms with van der Waals surface area (Å²) >= 11 is 5.72. The molecular formula is C34H23FN2O3S. The Morgan fingerprint density at radius 2 is 1.32 bits per heavy atom. The van der Waals surface area contributed by atoms with Crippen LogP contribution in [0.1, 0.15) is 11.1 Å². The largest absolute Gasteiger partial charge is 0.488 e. The van der Waals surface area contributed by atoms with Gasteiger partial charge in [-0.05, 0) is 77.1 Å². The lowest BCUT2D eigenvalue weighted by atomic mass is 9.99. The third-order valence-electron chi connectivity index (χ3n) is 6.78. The number of para-hydroxylation sites is 2. The minimum absolute atomic E-state index is 0.0649. The van der Waals surface area contributed by atoms with Gasteiger partial charge in [0.2, 0.25) is 0 Å². The molecule has 5 aromatic rings. The van der Waals surface area contributed by atoms with Crippen molar-refractivity contribution in [1.29, 1.82) is 0 Å². The van der Waals surface area contributed by atoms with E-state index in [1.807, 2.05) is 42.5 Å². The average Bonchev–Trinajstić information content (AvgIpc) is 3.00. The smallest absolute Gasteiger partial charge is 0.270 e. The summed E-state index contributed by atoms with van der Waals surface area (Å²) in [5.74, 6) is -0.986. The summed E-state index contributed by atoms with van der Waals surface area (Å²) in [6.45, 7) is 0.102. The van der Waals surface area contributed by atoms with Crippen LogP contribution in [0, 0.1) is 5.82 Å². The molecule has 0 radical (unpaired) electrons. The number of thiocarbonyl (C=S) groups is 1. The van der Waals surface area contributed by atoms with E-state index >= 15 is 0 Å². The summed E-state index contributed by atoms with van der Waals surface area (Å²) in [6, 6.07) is 35.5. The Labute approximate surface area is 241 Å². The molecular weight excluding hydrogens is 535 g/mol. The normalized spacial score (nSPS) is 13.6. The first-order valence-corrected chi connectivity index (χ1v) is 13.4. The molecule has 41 heavy (non-hydrogen) atoms. The van der Waals surface area contributed by atoms with Gasteiger partial charge in [0.1, 0.15) is 23.7 Å². The first-order chi connectivity index (χ1) is 20.0. The van der Waals surface area contributed by atoms with Crippen LogP contribution in [0.15, 0.2) is 127 Å². The van der Waals surface area contributed by atoms with Crippen LogP contribution in [0.2, 0.25) is 0 Å². The lowest BCUT2D eigenvalue weighted by Gasteiger charge is -2.36. The van der Waals surface area contributed by atoms with Gasteiger partial charge in [-0.15, -0.1) is 0 Å². The molecule has 0 unspecified atom stereocenters. The van der Waals surface area contributed by atoms with Crippen molar-refractivity contribution in [1.82, 2.24) is 0 Å². The molecule has 6 rings (SSSR count). The number of carbonyl (C=O) groups is 2. The summed E-state index contributed by atoms with van der Waals surface area (Å²) in [5, 5.41) is 1.77. The van der Waals surface area contributed by atoms with Crippen molar-refractivity contribution in [2.24, 2.45) is 0 Å². The third kappa shape index (κ3) is 5.11. The van der Waals surface area contributed by atoms with E-state index in [4.69, 9.17) is 17.0 Å². The number of anilines is 2. The first kappa shape index (κ1) is 26.1. The lowest BCUT2D eigenvalue weighted by Crippen LogP contribution is -2.56. The number of benzene rings is 5. The van der Waals surface area contributed by atoms with Gasteiger partial charge in [0, 0.05) is 5.56 Å². The predicted octanol–water partition coefficient (Wildman–Crippen LogP) is 7.31. The Balaban J connectivity index is 1.50. The average molecular weight is 559 g/mol. The van der Waals surface area contributed by atoms with Crippen LogP contribution in [0.3, 0.4) is 0 Å². The van der Waals surface area contributed by atoms with Crippen LogP contribution in [0.25, 0.3) is 16.8 Å². The van der Waals surface area contributed by atoms with E-state index in [2.05, 4.69) is 0 Å². The molecule has 2 amide bonds. The van der Waals surface area contributed by atoms with Gasteiger partial charge in [-0.2, -0.15) is 0 Å². The molecule has 5 aromatic carbocycles. The monoisotopic (exact) mass is 558 g/mol. The Bertz CT molecular complexity index is 1760. The summed E-state index contributed by atoms with van der Waals surface area (Å²) in [5.41, 5.74) is 2.23. The summed E-state index contributed by atoms with van der Waals surface area (Å²) in [4.78, 5) is 30.8. The zero-order chi connectivity index (χ0) is 28.3. The minimum Gasteiger partial charge on any atom is -0.488 e. The van der Waals surface area contributed by atoms with Crippen LogP contribution >= 0.6 is 12.2 Å². The number of nitrogens with zero attached hydrogens (tertiary/aromatic N) is 2. The lowest BCUT2D eigenvalue weighted by molar-refractivity contribution is -0.120. The maximum absolute atomic E-state index is 14.0. The van der Waals surface area contributed by atoms with Crippen molar-refractivity contribution in [3.8, 4) is 5.75 Å². The van der Waals surface area contributed by atoms with E-state index in [0.717, 1.165) is 10.8 Å². The summed E-state index contributed by atoms with van der Waals surface area (Å²) < 4.78 is 20.0. The number of hydrogen-bond acceptors (Lipinski definition) is 4. The molecule has 1 aliphatic rings. The minimum atomic E-state index is -0.539. The quantitative estimate of drug-likeness (QED) is 0.125. The summed E-state index contributed by atoms with van der Waals surface area (Å²) in [7, 11) is 0. The van der Waals surface area contributed by atoms with Gasteiger partial charge in [0.15, 0.2) is 5.11 Å². The SMILES string of the molecule is O=C1C(=Cc2c(OCc3cccc(F)c3)ccc3ccccc23)C(=O)N(c2ccccc2)C(=S)N1c1ccccc1. The maximum atomic E-state index is 14.0. The highest BCUT2D eigenvalue weighted by Gasteiger charge is 2.41. The standard InChI is InChI=1S/C34H23FN2O3S/c35-25-12-9-10-23(20-25)22-40-31-19-18-24-11-7-8-17-28(24)29(31)21-30-32(38)36(26-13-3-1-4-14-26)34(41)37(33(30)39)27-15-5-2-6-16-27/h1-21H,22H2. The zero-order valence-electron chi connectivity index (χ0n) is 21.7. The van der Waals surface area contributed by atoms with Gasteiger partial charge in [0.05, 0.1) is 11.4 Å². The van der Waals surface area contributed by atoms with Gasteiger partial charge in [-0.25, -0.2) is 4.39 Å². The number of hydrogen-bond donors (Lipinski definition) is 0. The molecule has 0 spiro atoms. The fourth-order valence-corrected chi connectivity index (χ4v) is 5.20. The van der Waals surface area contributed by atoms with Crippen molar-refractivity contribution in [2.45, 2.75) is 6.61 Å². The van der Waals surface area contributed by atoms with E-state index < -0.39 is 11.8 Å². The molecule has 0 aliphatic carbocycles. The Morgan fingerprint density at radius 1 is 0.707 bits per heavy atom. The fourth-order valence-electron chi connectivity index (χ4n) is 4.82. The van der Waals surface area contributed by atoms with Crippen molar-refractivity contribution >= 4 is 57.4 Å². The molecule has 0 N–H and O–H groups in total. The Hall–Kier alpha value is -5.14. The van der Waals surface area contributed by atoms with Crippen LogP contribution in [-0.4, -0.2) is 16.9 Å². The van der Waals surface area contributed by atoms with Crippen LogP contribution in [0.4, 0.5) is 15.8 Å². The van der Waals surface area contributed by atoms with E-state index in [1.165, 1.54) is 21.9 Å². The molecule has 0 bridgehead atoms. The molecule has 1 saturated heterocycles. The van der Waals surface area contributed by atoms with E-state index in [1.54, 1.807) is 72.8 Å². The van der Waals surface area contributed by atoms with Gasteiger partial charge in [-0.3, -0.25) is 19.4 Å². The highest BCUT2D eigenvalue weighted by molar-refractivity contribution is 7.81. The van der Waals surface area contributed by atoms with Crippen molar-refractivity contribution in [3.05, 3.63) is 144 Å². The number of carbonyl (C=O) groups excluding carboxylic acids is 2. The maximum Gasteiger partial charge on any atom is 0.270 e. The first-order valence-electron chi connectivity index (χ1n) is 12.9. The molecule has 0 saturated carbocycles. The molecule has 0 atom stereocenters. The highest BCUT2D eigenvalue weighted by atomic mass is 32.1. The number of rotatable bonds is 6. The number of amides is 2. The number of fused-ring (bicyclic) bond motifs is 1. The molecule has 200 valence electrons. The predicted molar refractivity (Wildman–Crippen MR) is 163 cm³/mol. The summed E-state index contributed by atoms with van der Waals surface area (Å²) in [6.07, 6.45) is 1.57. The van der Waals surface area contributed by atoms with Crippen molar-refractivity contribution < 1.29 is 18.7 Å². The van der Waals surface area contributed by atoms with Gasteiger partial charge in [-0.1, -0.05) is 78.9 Å². The molecule has 1 heterocycles. The van der Waals surface area contributed by atoms with E-state index in [9.17, 15) is 14.0 Å². The van der Waals surface area contributed by atoms with Crippen LogP contribution < -0.4 is 14.5 Å². The molecule has 1 aliphatic heterocycles. The second-order valence-corrected chi connectivity index (χ2v) is 9.78. The molecule has 5 nitrogen and oxygen atoms in total. The van der Waals surface area contributed by atoms with Crippen molar-refractivity contribution in [3.63, 3.8) is 0 Å². The second-order valence-electron chi connectivity index (χ2n) is 9.41. The third-order valence-corrected chi connectivity index (χ3v) is 7.15. The second kappa shape index (κ2) is 11.2. The Morgan fingerprint density at radius 3 is 1.95 bits per heavy atom. The van der Waals surface area contributed by atoms with Crippen LogP contribution in [-0.2, 0) is 16.2 Å². The highest BCUT2D eigenvalue weighted by Crippen LogP contribution is 2.34. The Kier molecular flexibility index (Phi) is 7.10. The van der Waals surface area contributed by atoms with Crippen molar-refractivity contribution in [2.75, 3.05) is 9.80 Å². The van der Waals surface area contributed by atoms with Crippen LogP contribution in [0.5, 0.6) is 5.75 Å². The van der Waals surface area contributed by atoms with E-state index in [-0.39, 0.29) is 23.1 Å². The van der Waals surface area contributed by atoms with Gasteiger partial charge >= 0.3 is 0 Å². The molecule has 7 heteroatoms. The van der Waals surface area contributed by atoms with Gasteiger partial charge < -0.3 is 4.74 Å². The van der Waals surface area contributed by atoms with Gasteiger partial charge in [0.25, 0.3) is 11.8 Å². The molecule has 0 aromatic heterocycles. The molecule has 1 fully saturated rings. The topological polar surface area (TPSA) is 49.9 Å².